The van der Waals surface area contributed by atoms with Crippen LogP contribution < -0.4 is 4.90 Å². The fourth-order valence-electron chi connectivity index (χ4n) is 4.10. The van der Waals surface area contributed by atoms with Gasteiger partial charge in [-0.15, -0.1) is 10.2 Å². The fourth-order valence-corrected chi connectivity index (χ4v) is 4.10. The average Bonchev–Trinajstić information content (AvgIpc) is 3.48. The van der Waals surface area contributed by atoms with Gasteiger partial charge in [0.2, 0.25) is 11.8 Å². The van der Waals surface area contributed by atoms with Crippen molar-refractivity contribution in [1.29, 1.82) is 0 Å². The summed E-state index contributed by atoms with van der Waals surface area (Å²) in [6.07, 6.45) is 3.17. The molecule has 1 saturated heterocycles. The number of para-hydroxylation sites is 1. The van der Waals surface area contributed by atoms with Gasteiger partial charge in [-0.25, -0.2) is 0 Å². The van der Waals surface area contributed by atoms with E-state index >= 15 is 0 Å². The van der Waals surface area contributed by atoms with Gasteiger partial charge < -0.3 is 14.3 Å². The second-order valence-electron chi connectivity index (χ2n) is 7.97. The third kappa shape index (κ3) is 3.51. The Labute approximate surface area is 170 Å². The highest BCUT2D eigenvalue weighted by Gasteiger charge is 2.28. The maximum Gasteiger partial charge on any atom is 0.247 e. The van der Waals surface area contributed by atoms with Crippen molar-refractivity contribution in [2.75, 3.05) is 32.1 Å². The molecule has 0 aliphatic carbocycles. The van der Waals surface area contributed by atoms with Gasteiger partial charge in [0.05, 0.1) is 5.92 Å². The van der Waals surface area contributed by atoms with E-state index in [4.69, 9.17) is 4.42 Å². The number of benzene rings is 2. The first-order valence-electron chi connectivity index (χ1n) is 10.1. The van der Waals surface area contributed by atoms with Crippen molar-refractivity contribution >= 4 is 16.6 Å². The first-order valence-corrected chi connectivity index (χ1v) is 10.1. The first kappa shape index (κ1) is 17.9. The SMILES string of the molecule is CN(C)c1ccc(-c2nnc(C3CCN(Cc4c[nH]c5ccccc45)C3)o2)cc1. The molecular weight excluding hydrogens is 362 g/mol. The van der Waals surface area contributed by atoms with Gasteiger partial charge in [-0.3, -0.25) is 4.90 Å². The zero-order chi connectivity index (χ0) is 19.8. The van der Waals surface area contributed by atoms with Crippen LogP contribution in [0.4, 0.5) is 5.69 Å². The van der Waals surface area contributed by atoms with Crippen LogP contribution in [0.2, 0.25) is 0 Å². The lowest BCUT2D eigenvalue weighted by molar-refractivity contribution is 0.321. The molecule has 0 spiro atoms. The van der Waals surface area contributed by atoms with E-state index < -0.39 is 0 Å². The first-order chi connectivity index (χ1) is 14.2. The molecule has 0 saturated carbocycles. The number of rotatable bonds is 5. The van der Waals surface area contributed by atoms with Crippen LogP contribution in [0.15, 0.2) is 59.1 Å². The van der Waals surface area contributed by atoms with E-state index in [1.165, 1.54) is 16.5 Å². The van der Waals surface area contributed by atoms with Crippen LogP contribution in [0.25, 0.3) is 22.4 Å². The molecule has 1 fully saturated rings. The lowest BCUT2D eigenvalue weighted by Crippen LogP contribution is -2.19. The number of hydrogen-bond acceptors (Lipinski definition) is 5. The zero-order valence-corrected chi connectivity index (χ0v) is 16.8. The Bertz CT molecular complexity index is 1110. The fraction of sp³-hybridized carbons (Fsp3) is 0.304. The smallest absolute Gasteiger partial charge is 0.247 e. The predicted molar refractivity (Wildman–Crippen MR) is 115 cm³/mol. The van der Waals surface area contributed by atoms with Crippen molar-refractivity contribution in [3.05, 3.63) is 66.2 Å². The van der Waals surface area contributed by atoms with Gasteiger partial charge in [-0.05, 0) is 48.9 Å². The molecule has 1 aliphatic heterocycles. The molecule has 148 valence electrons. The van der Waals surface area contributed by atoms with Crippen molar-refractivity contribution in [2.24, 2.45) is 0 Å². The third-order valence-corrected chi connectivity index (χ3v) is 5.76. The van der Waals surface area contributed by atoms with Gasteiger partial charge in [0.25, 0.3) is 0 Å². The standard InChI is InChI=1S/C23H25N5O/c1-27(2)19-9-7-16(8-10-19)22-25-26-23(29-22)17-11-12-28(14-17)15-18-13-24-21-6-4-3-5-20(18)21/h3-10,13,17,24H,11-12,14-15H2,1-2H3. The molecule has 1 N–H and O–H groups in total. The van der Waals surface area contributed by atoms with Crippen molar-refractivity contribution in [3.63, 3.8) is 0 Å². The Balaban J connectivity index is 1.27. The summed E-state index contributed by atoms with van der Waals surface area (Å²) in [6.45, 7) is 2.92. The Morgan fingerprint density at radius 1 is 1.10 bits per heavy atom. The Morgan fingerprint density at radius 3 is 2.76 bits per heavy atom. The molecule has 0 amide bonds. The van der Waals surface area contributed by atoms with Gasteiger partial charge in [-0.1, -0.05) is 18.2 Å². The molecule has 29 heavy (non-hydrogen) atoms. The largest absolute Gasteiger partial charge is 0.420 e. The summed E-state index contributed by atoms with van der Waals surface area (Å²) >= 11 is 0. The number of anilines is 1. The topological polar surface area (TPSA) is 61.2 Å². The zero-order valence-electron chi connectivity index (χ0n) is 16.8. The molecular formula is C23H25N5O. The summed E-state index contributed by atoms with van der Waals surface area (Å²) in [7, 11) is 4.06. The average molecular weight is 387 g/mol. The van der Waals surface area contributed by atoms with E-state index in [-0.39, 0.29) is 0 Å². The highest BCUT2D eigenvalue weighted by molar-refractivity contribution is 5.82. The van der Waals surface area contributed by atoms with Gasteiger partial charge in [0.1, 0.15) is 0 Å². The van der Waals surface area contributed by atoms with E-state index in [1.54, 1.807) is 0 Å². The van der Waals surface area contributed by atoms with Crippen molar-refractivity contribution in [2.45, 2.75) is 18.9 Å². The number of H-pyrrole nitrogens is 1. The molecule has 2 aromatic carbocycles. The summed E-state index contributed by atoms with van der Waals surface area (Å²) in [5.74, 6) is 1.64. The van der Waals surface area contributed by atoms with E-state index in [9.17, 15) is 0 Å². The molecule has 6 heteroatoms. The molecule has 4 aromatic rings. The summed E-state index contributed by atoms with van der Waals surface area (Å²) in [6, 6.07) is 16.7. The van der Waals surface area contributed by atoms with Crippen molar-refractivity contribution in [1.82, 2.24) is 20.1 Å². The van der Waals surface area contributed by atoms with E-state index in [1.807, 2.05) is 26.2 Å². The highest BCUT2D eigenvalue weighted by atomic mass is 16.4. The quantitative estimate of drug-likeness (QED) is 0.554. The molecule has 1 unspecified atom stereocenters. The van der Waals surface area contributed by atoms with Crippen LogP contribution in [-0.4, -0.2) is 47.3 Å². The number of nitrogens with one attached hydrogen (secondary N) is 1. The molecule has 6 nitrogen and oxygen atoms in total. The second-order valence-corrected chi connectivity index (χ2v) is 7.97. The minimum absolute atomic E-state index is 0.294. The molecule has 3 heterocycles. The second kappa shape index (κ2) is 7.37. The van der Waals surface area contributed by atoms with Crippen LogP contribution >= 0.6 is 0 Å². The highest BCUT2D eigenvalue weighted by Crippen LogP contribution is 2.31. The molecule has 5 rings (SSSR count). The van der Waals surface area contributed by atoms with Crippen LogP contribution in [0.3, 0.4) is 0 Å². The van der Waals surface area contributed by atoms with Crippen LogP contribution in [0.5, 0.6) is 0 Å². The van der Waals surface area contributed by atoms with E-state index in [0.29, 0.717) is 11.8 Å². The predicted octanol–water partition coefficient (Wildman–Crippen LogP) is 4.27. The molecule has 2 aromatic heterocycles. The summed E-state index contributed by atoms with van der Waals surface area (Å²) in [5.41, 5.74) is 4.65. The summed E-state index contributed by atoms with van der Waals surface area (Å²) < 4.78 is 6.04. The Hall–Kier alpha value is -3.12. The Kier molecular flexibility index (Phi) is 4.56. The number of aromatic amines is 1. The molecule has 1 aliphatic rings. The van der Waals surface area contributed by atoms with E-state index in [2.05, 4.69) is 67.6 Å². The third-order valence-electron chi connectivity index (χ3n) is 5.76. The minimum Gasteiger partial charge on any atom is -0.420 e. The molecule has 0 bridgehead atoms. The van der Waals surface area contributed by atoms with Crippen molar-refractivity contribution < 1.29 is 4.42 Å². The maximum atomic E-state index is 6.04. The summed E-state index contributed by atoms with van der Waals surface area (Å²) in [4.78, 5) is 7.91. The van der Waals surface area contributed by atoms with Crippen molar-refractivity contribution in [3.8, 4) is 11.5 Å². The van der Waals surface area contributed by atoms with Crippen LogP contribution in [0, 0.1) is 0 Å². The van der Waals surface area contributed by atoms with E-state index in [0.717, 1.165) is 43.2 Å². The van der Waals surface area contributed by atoms with Gasteiger partial charge >= 0.3 is 0 Å². The summed E-state index contributed by atoms with van der Waals surface area (Å²) in [5, 5.41) is 9.95. The maximum absolute atomic E-state index is 6.04. The molecule has 0 radical (unpaired) electrons. The van der Waals surface area contributed by atoms with Crippen LogP contribution in [-0.2, 0) is 6.54 Å². The molecule has 1 atom stereocenters. The number of aromatic nitrogens is 3. The lowest BCUT2D eigenvalue weighted by Gasteiger charge is -2.14. The van der Waals surface area contributed by atoms with Gasteiger partial charge in [-0.2, -0.15) is 0 Å². The Morgan fingerprint density at radius 2 is 1.93 bits per heavy atom. The monoisotopic (exact) mass is 387 g/mol. The van der Waals surface area contributed by atoms with Gasteiger partial charge in [0.15, 0.2) is 0 Å². The lowest BCUT2D eigenvalue weighted by atomic mass is 10.1. The number of hydrogen-bond donors (Lipinski definition) is 1. The number of fused-ring (bicyclic) bond motifs is 1. The van der Waals surface area contributed by atoms with Crippen LogP contribution in [0.1, 0.15) is 23.8 Å². The number of likely N-dealkylation sites (tertiary alicyclic amines) is 1. The number of nitrogens with zero attached hydrogens (tertiary/aromatic N) is 4. The van der Waals surface area contributed by atoms with Gasteiger partial charge in [0, 0.05) is 55.5 Å². The minimum atomic E-state index is 0.294. The normalized spacial score (nSPS) is 17.2.